The summed E-state index contributed by atoms with van der Waals surface area (Å²) in [6.07, 6.45) is 6.42. The van der Waals surface area contributed by atoms with Crippen molar-refractivity contribution in [3.63, 3.8) is 0 Å². The van der Waals surface area contributed by atoms with Crippen LogP contribution in [-0.4, -0.2) is 40.6 Å². The van der Waals surface area contributed by atoms with Gasteiger partial charge in [-0.15, -0.1) is 11.3 Å². The van der Waals surface area contributed by atoms with Crippen LogP contribution in [0, 0.1) is 0 Å². The van der Waals surface area contributed by atoms with Gasteiger partial charge in [0.15, 0.2) is 0 Å². The molecule has 0 atom stereocenters. The number of hydrogen-bond acceptors (Lipinski definition) is 4. The molecule has 0 saturated carbocycles. The average Bonchev–Trinajstić information content (AvgIpc) is 2.90. The van der Waals surface area contributed by atoms with E-state index in [4.69, 9.17) is 0 Å². The van der Waals surface area contributed by atoms with Crippen molar-refractivity contribution in [1.29, 1.82) is 0 Å². The first-order chi connectivity index (χ1) is 10.1. The predicted octanol–water partition coefficient (Wildman–Crippen LogP) is 3.85. The molecular formula is C16H28N2O2S. The Morgan fingerprint density at radius 3 is 2.19 bits per heavy atom. The standard InChI is InChI=1S/C16H28N2O2S/c1-4-7-10-18(11-8-5-2)12-9-14-17-13(6-3)15(21-14)16(19)20/h4-12H2,1-3H3,(H,19,20). The van der Waals surface area contributed by atoms with Crippen LogP contribution in [0.2, 0.25) is 0 Å². The van der Waals surface area contributed by atoms with Crippen molar-refractivity contribution in [3.8, 4) is 0 Å². The molecule has 1 N–H and O–H groups in total. The lowest BCUT2D eigenvalue weighted by Crippen LogP contribution is -2.28. The fourth-order valence-electron chi connectivity index (χ4n) is 2.27. The third kappa shape index (κ3) is 6.14. The van der Waals surface area contributed by atoms with E-state index < -0.39 is 5.97 Å². The minimum Gasteiger partial charge on any atom is -0.477 e. The van der Waals surface area contributed by atoms with Crippen LogP contribution in [0.15, 0.2) is 0 Å². The van der Waals surface area contributed by atoms with Gasteiger partial charge in [0.05, 0.1) is 10.7 Å². The average molecular weight is 312 g/mol. The van der Waals surface area contributed by atoms with Crippen molar-refractivity contribution in [1.82, 2.24) is 9.88 Å². The second-order valence-electron chi connectivity index (χ2n) is 5.34. The smallest absolute Gasteiger partial charge is 0.347 e. The maximum Gasteiger partial charge on any atom is 0.347 e. The summed E-state index contributed by atoms with van der Waals surface area (Å²) >= 11 is 1.34. The second-order valence-corrected chi connectivity index (χ2v) is 6.42. The summed E-state index contributed by atoms with van der Waals surface area (Å²) in [5, 5.41) is 10.1. The first-order valence-electron chi connectivity index (χ1n) is 8.06. The van der Waals surface area contributed by atoms with Gasteiger partial charge in [0.1, 0.15) is 4.88 Å². The van der Waals surface area contributed by atoms with E-state index in [9.17, 15) is 9.90 Å². The molecule has 0 aliphatic rings. The second kappa shape index (κ2) is 9.90. The normalized spacial score (nSPS) is 11.2. The first kappa shape index (κ1) is 18.1. The monoisotopic (exact) mass is 312 g/mol. The number of carbonyl (C=O) groups is 1. The highest BCUT2D eigenvalue weighted by molar-refractivity contribution is 7.13. The van der Waals surface area contributed by atoms with E-state index in [0.29, 0.717) is 11.3 Å². The summed E-state index contributed by atoms with van der Waals surface area (Å²) in [5.41, 5.74) is 0.733. The molecule has 0 aliphatic heterocycles. The third-order valence-electron chi connectivity index (χ3n) is 3.57. The van der Waals surface area contributed by atoms with Crippen LogP contribution >= 0.6 is 11.3 Å². The van der Waals surface area contributed by atoms with Crippen molar-refractivity contribution in [2.24, 2.45) is 0 Å². The third-order valence-corrected chi connectivity index (χ3v) is 4.71. The molecule has 1 aromatic heterocycles. The number of thiazole rings is 1. The maximum absolute atomic E-state index is 11.2. The summed E-state index contributed by atoms with van der Waals surface area (Å²) in [4.78, 5) is 18.6. The lowest BCUT2D eigenvalue weighted by atomic mass is 10.2. The SMILES string of the molecule is CCCCN(CCCC)CCc1nc(CC)c(C(=O)O)s1. The van der Waals surface area contributed by atoms with E-state index in [-0.39, 0.29) is 0 Å². The van der Waals surface area contributed by atoms with Gasteiger partial charge in [-0.2, -0.15) is 0 Å². The first-order valence-corrected chi connectivity index (χ1v) is 8.88. The lowest BCUT2D eigenvalue weighted by molar-refractivity contribution is 0.0701. The van der Waals surface area contributed by atoms with Gasteiger partial charge in [-0.05, 0) is 32.4 Å². The minimum atomic E-state index is -0.843. The molecule has 0 aromatic carbocycles. The molecule has 0 saturated heterocycles. The molecule has 4 nitrogen and oxygen atoms in total. The topological polar surface area (TPSA) is 53.4 Å². The molecule has 21 heavy (non-hydrogen) atoms. The number of aryl methyl sites for hydroxylation is 1. The highest BCUT2D eigenvalue weighted by Gasteiger charge is 2.16. The lowest BCUT2D eigenvalue weighted by Gasteiger charge is -2.21. The van der Waals surface area contributed by atoms with E-state index in [1.807, 2.05) is 6.92 Å². The molecule has 0 unspecified atom stereocenters. The number of carboxylic acids is 1. The van der Waals surface area contributed by atoms with Crippen molar-refractivity contribution >= 4 is 17.3 Å². The van der Waals surface area contributed by atoms with Gasteiger partial charge in [0, 0.05) is 13.0 Å². The fraction of sp³-hybridized carbons (Fsp3) is 0.750. The molecule has 1 rings (SSSR count). The number of rotatable bonds is 11. The predicted molar refractivity (Wildman–Crippen MR) is 88.4 cm³/mol. The van der Waals surface area contributed by atoms with Crippen molar-refractivity contribution in [2.75, 3.05) is 19.6 Å². The highest BCUT2D eigenvalue weighted by Crippen LogP contribution is 2.20. The Balaban J connectivity index is 2.59. The van der Waals surface area contributed by atoms with Gasteiger partial charge in [-0.3, -0.25) is 0 Å². The zero-order valence-corrected chi connectivity index (χ0v) is 14.3. The Bertz CT molecular complexity index is 424. The number of aromatic nitrogens is 1. The van der Waals surface area contributed by atoms with Crippen molar-refractivity contribution < 1.29 is 9.90 Å². The Kier molecular flexibility index (Phi) is 8.54. The Labute approximate surface area is 132 Å². The summed E-state index contributed by atoms with van der Waals surface area (Å²) in [7, 11) is 0. The van der Waals surface area contributed by atoms with Crippen LogP contribution in [0.5, 0.6) is 0 Å². The molecule has 0 radical (unpaired) electrons. The Morgan fingerprint density at radius 1 is 1.14 bits per heavy atom. The molecule has 0 aliphatic carbocycles. The maximum atomic E-state index is 11.2. The summed E-state index contributed by atoms with van der Waals surface area (Å²) in [6, 6.07) is 0. The number of nitrogens with zero attached hydrogens (tertiary/aromatic N) is 2. The number of unbranched alkanes of at least 4 members (excludes halogenated alkanes) is 2. The van der Waals surface area contributed by atoms with Crippen LogP contribution in [-0.2, 0) is 12.8 Å². The van der Waals surface area contributed by atoms with E-state index in [0.717, 1.165) is 36.8 Å². The molecule has 1 aromatic rings. The Morgan fingerprint density at radius 2 is 1.76 bits per heavy atom. The van der Waals surface area contributed by atoms with Gasteiger partial charge in [0.2, 0.25) is 0 Å². The van der Waals surface area contributed by atoms with Gasteiger partial charge in [-0.25, -0.2) is 9.78 Å². The van der Waals surface area contributed by atoms with Crippen LogP contribution in [0.25, 0.3) is 0 Å². The molecule has 0 bridgehead atoms. The fourth-order valence-corrected chi connectivity index (χ4v) is 3.25. The molecule has 1 heterocycles. The molecule has 120 valence electrons. The van der Waals surface area contributed by atoms with E-state index in [2.05, 4.69) is 23.7 Å². The summed E-state index contributed by atoms with van der Waals surface area (Å²) in [6.45, 7) is 9.63. The van der Waals surface area contributed by atoms with E-state index >= 15 is 0 Å². The van der Waals surface area contributed by atoms with E-state index in [1.165, 1.54) is 37.0 Å². The molecular weight excluding hydrogens is 284 g/mol. The van der Waals surface area contributed by atoms with Gasteiger partial charge < -0.3 is 10.0 Å². The summed E-state index contributed by atoms with van der Waals surface area (Å²) < 4.78 is 0. The van der Waals surface area contributed by atoms with Crippen LogP contribution < -0.4 is 0 Å². The molecule has 0 amide bonds. The van der Waals surface area contributed by atoms with Crippen LogP contribution in [0.3, 0.4) is 0 Å². The number of hydrogen-bond donors (Lipinski definition) is 1. The zero-order valence-electron chi connectivity index (χ0n) is 13.5. The van der Waals surface area contributed by atoms with Gasteiger partial charge in [0.25, 0.3) is 0 Å². The van der Waals surface area contributed by atoms with Gasteiger partial charge in [-0.1, -0.05) is 33.6 Å². The van der Waals surface area contributed by atoms with Crippen molar-refractivity contribution in [3.05, 3.63) is 15.6 Å². The van der Waals surface area contributed by atoms with Gasteiger partial charge >= 0.3 is 5.97 Å². The minimum absolute atomic E-state index is 0.418. The van der Waals surface area contributed by atoms with Crippen LogP contribution in [0.4, 0.5) is 0 Å². The Hall–Kier alpha value is -0.940. The molecule has 0 fully saturated rings. The van der Waals surface area contributed by atoms with Crippen LogP contribution in [0.1, 0.15) is 66.8 Å². The summed E-state index contributed by atoms with van der Waals surface area (Å²) in [5.74, 6) is -0.843. The quantitative estimate of drug-likeness (QED) is 0.674. The van der Waals surface area contributed by atoms with E-state index in [1.54, 1.807) is 0 Å². The zero-order chi connectivity index (χ0) is 15.7. The number of carboxylic acid groups (broad SMARTS) is 1. The molecule has 0 spiro atoms. The number of aromatic carboxylic acids is 1. The highest BCUT2D eigenvalue weighted by atomic mass is 32.1. The molecule has 5 heteroatoms. The largest absolute Gasteiger partial charge is 0.477 e. The van der Waals surface area contributed by atoms with Crippen molar-refractivity contribution in [2.45, 2.75) is 59.3 Å².